The molecule has 5 heteroatoms. The van der Waals surface area contributed by atoms with E-state index in [0.717, 1.165) is 5.56 Å². The van der Waals surface area contributed by atoms with E-state index in [-0.39, 0.29) is 11.9 Å². The van der Waals surface area contributed by atoms with Crippen molar-refractivity contribution in [3.05, 3.63) is 46.3 Å². The smallest absolute Gasteiger partial charge is 0.233 e. The van der Waals surface area contributed by atoms with Crippen LogP contribution < -0.4 is 0 Å². The molecule has 0 bridgehead atoms. The molecule has 5 nitrogen and oxygen atoms in total. The lowest BCUT2D eigenvalue weighted by Crippen LogP contribution is -2.55. The maximum absolute atomic E-state index is 12.9. The van der Waals surface area contributed by atoms with Crippen LogP contribution in [0.15, 0.2) is 35.4 Å². The number of likely N-dealkylation sites (N-methyl/N-ethyl adjacent to an activating group) is 1. The second-order valence-corrected chi connectivity index (χ2v) is 5.19. The summed E-state index contributed by atoms with van der Waals surface area (Å²) < 4.78 is 0. The Hall–Kier alpha value is -2.00. The van der Waals surface area contributed by atoms with Crippen LogP contribution in [0.2, 0.25) is 0 Å². The molecule has 1 amide bonds. The predicted octanol–water partition coefficient (Wildman–Crippen LogP) is 3.27. The van der Waals surface area contributed by atoms with Gasteiger partial charge in [0.25, 0.3) is 0 Å². The lowest BCUT2D eigenvalue weighted by atomic mass is 9.61. The maximum Gasteiger partial charge on any atom is 0.233 e. The number of carbonyl (C=O) groups excluding carboxylic acids is 1. The number of benzene rings is 1. The highest BCUT2D eigenvalue weighted by atomic mass is 16.2. The normalized spacial score (nSPS) is 24.4. The van der Waals surface area contributed by atoms with Crippen molar-refractivity contribution in [3.63, 3.8) is 0 Å². The van der Waals surface area contributed by atoms with Crippen molar-refractivity contribution < 1.29 is 4.79 Å². The van der Waals surface area contributed by atoms with E-state index in [2.05, 4.69) is 10.0 Å². The second kappa shape index (κ2) is 5.97. The van der Waals surface area contributed by atoms with Crippen LogP contribution >= 0.6 is 0 Å². The molecule has 1 aliphatic carbocycles. The Morgan fingerprint density at radius 1 is 1.35 bits per heavy atom. The van der Waals surface area contributed by atoms with Gasteiger partial charge in [-0.1, -0.05) is 35.4 Å². The minimum Gasteiger partial charge on any atom is -0.342 e. The van der Waals surface area contributed by atoms with Gasteiger partial charge in [0.05, 0.1) is 5.41 Å². The van der Waals surface area contributed by atoms with E-state index in [1.54, 1.807) is 0 Å². The molecule has 0 spiro atoms. The molecule has 106 valence electrons. The largest absolute Gasteiger partial charge is 0.342 e. The first-order valence-electron chi connectivity index (χ1n) is 7.07. The summed E-state index contributed by atoms with van der Waals surface area (Å²) >= 11 is 0. The SMILES string of the molecule is CCN(CC)C(=O)C1(c2ccccc2)CC(N=[N+]=[N-])C1. The minimum atomic E-state index is -0.508. The van der Waals surface area contributed by atoms with E-state index in [0.29, 0.717) is 25.9 Å². The zero-order valence-electron chi connectivity index (χ0n) is 12.0. The third kappa shape index (κ3) is 2.37. The fourth-order valence-electron chi connectivity index (χ4n) is 3.00. The Kier molecular flexibility index (Phi) is 4.30. The van der Waals surface area contributed by atoms with Crippen LogP contribution in [0.4, 0.5) is 0 Å². The number of hydrogen-bond donors (Lipinski definition) is 0. The number of hydrogen-bond acceptors (Lipinski definition) is 2. The molecule has 2 rings (SSSR count). The molecule has 20 heavy (non-hydrogen) atoms. The third-order valence-electron chi connectivity index (χ3n) is 4.17. The van der Waals surface area contributed by atoms with Crippen LogP contribution in [0.25, 0.3) is 10.4 Å². The van der Waals surface area contributed by atoms with E-state index in [1.165, 1.54) is 0 Å². The molecule has 0 saturated heterocycles. The molecule has 1 aromatic rings. The second-order valence-electron chi connectivity index (χ2n) is 5.19. The zero-order valence-corrected chi connectivity index (χ0v) is 12.0. The van der Waals surface area contributed by atoms with E-state index >= 15 is 0 Å². The molecule has 0 N–H and O–H groups in total. The van der Waals surface area contributed by atoms with Gasteiger partial charge in [0, 0.05) is 24.0 Å². The lowest BCUT2D eigenvalue weighted by molar-refractivity contribution is -0.141. The van der Waals surface area contributed by atoms with Crippen LogP contribution in [-0.4, -0.2) is 29.9 Å². The number of nitrogens with zero attached hydrogens (tertiary/aromatic N) is 4. The highest BCUT2D eigenvalue weighted by Gasteiger charge is 2.52. The highest BCUT2D eigenvalue weighted by molar-refractivity contribution is 5.89. The molecular formula is C15H20N4O. The van der Waals surface area contributed by atoms with Crippen molar-refractivity contribution in [2.24, 2.45) is 5.11 Å². The standard InChI is InChI=1S/C15H20N4O/c1-3-19(4-2)14(20)15(10-13(11-15)17-18-16)12-8-6-5-7-9-12/h5-9,13H,3-4,10-11H2,1-2H3. The fourth-order valence-corrected chi connectivity index (χ4v) is 3.00. The van der Waals surface area contributed by atoms with Crippen molar-refractivity contribution in [2.45, 2.75) is 38.1 Å². The minimum absolute atomic E-state index is 0.0697. The Balaban J connectivity index is 2.32. The Bertz CT molecular complexity index is 512. The van der Waals surface area contributed by atoms with Crippen LogP contribution in [0.1, 0.15) is 32.3 Å². The van der Waals surface area contributed by atoms with Gasteiger partial charge in [-0.2, -0.15) is 0 Å². The van der Waals surface area contributed by atoms with Crippen LogP contribution in [0, 0.1) is 0 Å². The fraction of sp³-hybridized carbons (Fsp3) is 0.533. The van der Waals surface area contributed by atoms with Gasteiger partial charge >= 0.3 is 0 Å². The summed E-state index contributed by atoms with van der Waals surface area (Å²) in [7, 11) is 0. The van der Waals surface area contributed by atoms with Crippen molar-refractivity contribution in [1.29, 1.82) is 0 Å². The monoisotopic (exact) mass is 272 g/mol. The van der Waals surface area contributed by atoms with E-state index in [9.17, 15) is 4.79 Å². The maximum atomic E-state index is 12.9. The number of carbonyl (C=O) groups is 1. The van der Waals surface area contributed by atoms with E-state index in [4.69, 9.17) is 5.53 Å². The van der Waals surface area contributed by atoms with Gasteiger partial charge in [0.1, 0.15) is 0 Å². The van der Waals surface area contributed by atoms with Crippen LogP contribution in [-0.2, 0) is 10.2 Å². The highest BCUT2D eigenvalue weighted by Crippen LogP contribution is 2.46. The third-order valence-corrected chi connectivity index (χ3v) is 4.17. The summed E-state index contributed by atoms with van der Waals surface area (Å²) in [5.41, 5.74) is 9.07. The first-order chi connectivity index (χ1) is 9.67. The summed E-state index contributed by atoms with van der Waals surface area (Å²) in [5, 5.41) is 3.75. The van der Waals surface area contributed by atoms with Crippen molar-refractivity contribution >= 4 is 5.91 Å². The summed E-state index contributed by atoms with van der Waals surface area (Å²) in [5.74, 6) is 0.151. The Morgan fingerprint density at radius 2 is 1.95 bits per heavy atom. The van der Waals surface area contributed by atoms with Gasteiger partial charge in [-0.05, 0) is 37.8 Å². The van der Waals surface area contributed by atoms with Gasteiger partial charge in [-0.25, -0.2) is 0 Å². The number of amides is 1. The first kappa shape index (κ1) is 14.4. The molecule has 1 fully saturated rings. The van der Waals surface area contributed by atoms with E-state index < -0.39 is 5.41 Å². The van der Waals surface area contributed by atoms with Gasteiger partial charge in [-0.3, -0.25) is 4.79 Å². The van der Waals surface area contributed by atoms with Crippen LogP contribution in [0.3, 0.4) is 0 Å². The molecule has 1 aromatic carbocycles. The molecule has 1 saturated carbocycles. The molecule has 1 aliphatic rings. The molecule has 0 atom stereocenters. The van der Waals surface area contributed by atoms with Gasteiger partial charge in [0.2, 0.25) is 5.91 Å². The predicted molar refractivity (Wildman–Crippen MR) is 78.2 cm³/mol. The first-order valence-corrected chi connectivity index (χ1v) is 7.07. The summed E-state index contributed by atoms with van der Waals surface area (Å²) in [4.78, 5) is 17.6. The van der Waals surface area contributed by atoms with E-state index in [1.807, 2.05) is 49.1 Å². The lowest BCUT2D eigenvalue weighted by Gasteiger charge is -2.47. The van der Waals surface area contributed by atoms with Gasteiger partial charge in [-0.15, -0.1) is 0 Å². The Morgan fingerprint density at radius 3 is 2.45 bits per heavy atom. The summed E-state index contributed by atoms with van der Waals surface area (Å²) in [6.07, 6.45) is 1.22. The van der Waals surface area contributed by atoms with Crippen LogP contribution in [0.5, 0.6) is 0 Å². The molecule has 0 radical (unpaired) electrons. The number of rotatable bonds is 5. The average molecular weight is 272 g/mol. The molecule has 0 aromatic heterocycles. The van der Waals surface area contributed by atoms with Crippen molar-refractivity contribution in [1.82, 2.24) is 4.90 Å². The zero-order chi connectivity index (χ0) is 14.6. The number of azide groups is 1. The van der Waals surface area contributed by atoms with Gasteiger partial charge in [0.15, 0.2) is 0 Å². The average Bonchev–Trinajstić information content (AvgIpc) is 2.44. The molecular weight excluding hydrogens is 252 g/mol. The summed E-state index contributed by atoms with van der Waals surface area (Å²) in [6.45, 7) is 5.39. The quantitative estimate of drug-likeness (QED) is 0.460. The molecule has 0 unspecified atom stereocenters. The topological polar surface area (TPSA) is 69.1 Å². The van der Waals surface area contributed by atoms with Gasteiger partial charge < -0.3 is 4.90 Å². The molecule has 0 aliphatic heterocycles. The molecule has 0 heterocycles. The van der Waals surface area contributed by atoms with Crippen molar-refractivity contribution in [2.75, 3.05) is 13.1 Å². The Labute approximate surface area is 119 Å². The van der Waals surface area contributed by atoms with Crippen molar-refractivity contribution in [3.8, 4) is 0 Å². The summed E-state index contributed by atoms with van der Waals surface area (Å²) in [6, 6.07) is 9.77.